The van der Waals surface area contributed by atoms with Gasteiger partial charge in [0.05, 0.1) is 5.60 Å². The SMILES string of the molecule is CCC(C)NC1CCOC2(CCC2)C1. The summed E-state index contributed by atoms with van der Waals surface area (Å²) < 4.78 is 5.91. The third-order valence-electron chi connectivity index (χ3n) is 3.89. The molecule has 2 atom stereocenters. The third kappa shape index (κ3) is 2.12. The van der Waals surface area contributed by atoms with Crippen molar-refractivity contribution in [2.24, 2.45) is 0 Å². The van der Waals surface area contributed by atoms with Crippen LogP contribution in [-0.4, -0.2) is 24.3 Å². The standard InChI is InChI=1S/C12H23NO/c1-3-10(2)13-11-5-8-14-12(9-11)6-4-7-12/h10-11,13H,3-9H2,1-2H3. The average Bonchev–Trinajstić information content (AvgIpc) is 2.16. The van der Waals surface area contributed by atoms with Crippen molar-refractivity contribution in [3.63, 3.8) is 0 Å². The van der Waals surface area contributed by atoms with Crippen LogP contribution < -0.4 is 5.32 Å². The molecule has 0 radical (unpaired) electrons. The lowest BCUT2D eigenvalue weighted by molar-refractivity contribution is -0.136. The second-order valence-corrected chi connectivity index (χ2v) is 5.05. The van der Waals surface area contributed by atoms with E-state index in [1.165, 1.54) is 38.5 Å². The Morgan fingerprint density at radius 1 is 1.50 bits per heavy atom. The first-order chi connectivity index (χ1) is 6.74. The van der Waals surface area contributed by atoms with E-state index in [4.69, 9.17) is 4.74 Å². The van der Waals surface area contributed by atoms with Crippen LogP contribution in [0.4, 0.5) is 0 Å². The lowest BCUT2D eigenvalue weighted by atomic mass is 9.74. The highest BCUT2D eigenvalue weighted by Gasteiger charge is 2.42. The van der Waals surface area contributed by atoms with Crippen LogP contribution in [0.2, 0.25) is 0 Å². The molecule has 2 rings (SSSR count). The second kappa shape index (κ2) is 4.19. The molecule has 2 nitrogen and oxygen atoms in total. The molecule has 0 aromatic rings. The zero-order chi connectivity index (χ0) is 10.0. The van der Waals surface area contributed by atoms with Gasteiger partial charge in [-0.1, -0.05) is 6.92 Å². The van der Waals surface area contributed by atoms with E-state index in [9.17, 15) is 0 Å². The van der Waals surface area contributed by atoms with Crippen LogP contribution in [0.3, 0.4) is 0 Å². The van der Waals surface area contributed by atoms with Gasteiger partial charge in [-0.15, -0.1) is 0 Å². The van der Waals surface area contributed by atoms with Gasteiger partial charge in [-0.05, 0) is 45.4 Å². The van der Waals surface area contributed by atoms with Crippen molar-refractivity contribution in [2.45, 2.75) is 70.1 Å². The molecule has 1 aliphatic heterocycles. The van der Waals surface area contributed by atoms with Gasteiger partial charge in [-0.2, -0.15) is 0 Å². The summed E-state index contributed by atoms with van der Waals surface area (Å²) >= 11 is 0. The summed E-state index contributed by atoms with van der Waals surface area (Å²) in [6, 6.07) is 1.37. The first-order valence-corrected chi connectivity index (χ1v) is 6.14. The minimum atomic E-state index is 0.295. The average molecular weight is 197 g/mol. The summed E-state index contributed by atoms with van der Waals surface area (Å²) in [7, 11) is 0. The molecular formula is C12H23NO. The Morgan fingerprint density at radius 2 is 2.29 bits per heavy atom. The van der Waals surface area contributed by atoms with Gasteiger partial charge in [0.2, 0.25) is 0 Å². The van der Waals surface area contributed by atoms with Gasteiger partial charge in [0.25, 0.3) is 0 Å². The Labute approximate surface area is 87.4 Å². The number of nitrogens with one attached hydrogen (secondary N) is 1. The molecule has 0 aromatic heterocycles. The van der Waals surface area contributed by atoms with E-state index < -0.39 is 0 Å². The van der Waals surface area contributed by atoms with Crippen LogP contribution in [0.5, 0.6) is 0 Å². The van der Waals surface area contributed by atoms with Gasteiger partial charge >= 0.3 is 0 Å². The van der Waals surface area contributed by atoms with E-state index in [1.807, 2.05) is 0 Å². The first-order valence-electron chi connectivity index (χ1n) is 6.14. The molecule has 14 heavy (non-hydrogen) atoms. The fourth-order valence-electron chi connectivity index (χ4n) is 2.61. The molecule has 0 bridgehead atoms. The fraction of sp³-hybridized carbons (Fsp3) is 1.00. The van der Waals surface area contributed by atoms with Crippen molar-refractivity contribution in [1.82, 2.24) is 5.32 Å². The highest BCUT2D eigenvalue weighted by atomic mass is 16.5. The lowest BCUT2D eigenvalue weighted by Gasteiger charge is -2.47. The molecule has 2 unspecified atom stereocenters. The van der Waals surface area contributed by atoms with E-state index in [1.54, 1.807) is 0 Å². The summed E-state index contributed by atoms with van der Waals surface area (Å²) in [6.45, 7) is 5.49. The molecular weight excluding hydrogens is 174 g/mol. The van der Waals surface area contributed by atoms with Crippen LogP contribution in [0.25, 0.3) is 0 Å². The van der Waals surface area contributed by atoms with Crippen LogP contribution in [0.15, 0.2) is 0 Å². The molecule has 2 heteroatoms. The minimum absolute atomic E-state index is 0.295. The molecule has 1 aliphatic carbocycles. The van der Waals surface area contributed by atoms with Crippen LogP contribution in [0, 0.1) is 0 Å². The van der Waals surface area contributed by atoms with Gasteiger partial charge in [0, 0.05) is 18.7 Å². The van der Waals surface area contributed by atoms with Crippen molar-refractivity contribution in [3.05, 3.63) is 0 Å². The maximum Gasteiger partial charge on any atom is 0.0697 e. The van der Waals surface area contributed by atoms with Crippen LogP contribution in [-0.2, 0) is 4.74 Å². The van der Waals surface area contributed by atoms with Gasteiger partial charge in [-0.3, -0.25) is 0 Å². The molecule has 2 aliphatic rings. The van der Waals surface area contributed by atoms with Gasteiger partial charge in [0.15, 0.2) is 0 Å². The Hall–Kier alpha value is -0.0800. The van der Waals surface area contributed by atoms with Crippen molar-refractivity contribution >= 4 is 0 Å². The smallest absolute Gasteiger partial charge is 0.0697 e. The monoisotopic (exact) mass is 197 g/mol. The Balaban J connectivity index is 1.82. The van der Waals surface area contributed by atoms with Crippen LogP contribution >= 0.6 is 0 Å². The molecule has 1 saturated carbocycles. The van der Waals surface area contributed by atoms with E-state index in [0.29, 0.717) is 17.7 Å². The highest BCUT2D eigenvalue weighted by Crippen LogP contribution is 2.42. The van der Waals surface area contributed by atoms with Gasteiger partial charge in [0.1, 0.15) is 0 Å². The topological polar surface area (TPSA) is 21.3 Å². The lowest BCUT2D eigenvalue weighted by Crippen LogP contribution is -2.52. The summed E-state index contributed by atoms with van der Waals surface area (Å²) in [4.78, 5) is 0. The molecule has 0 amide bonds. The normalized spacial score (nSPS) is 32.6. The third-order valence-corrected chi connectivity index (χ3v) is 3.89. The Morgan fingerprint density at radius 3 is 2.86 bits per heavy atom. The summed E-state index contributed by atoms with van der Waals surface area (Å²) in [5, 5.41) is 3.71. The van der Waals surface area contributed by atoms with E-state index in [-0.39, 0.29) is 0 Å². The molecule has 1 N–H and O–H groups in total. The highest BCUT2D eigenvalue weighted by molar-refractivity contribution is 4.96. The maximum atomic E-state index is 5.91. The summed E-state index contributed by atoms with van der Waals surface area (Å²) in [5.41, 5.74) is 0.295. The van der Waals surface area contributed by atoms with Gasteiger partial charge < -0.3 is 10.1 Å². The second-order valence-electron chi connectivity index (χ2n) is 5.05. The number of rotatable bonds is 3. The predicted molar refractivity (Wildman–Crippen MR) is 58.4 cm³/mol. The largest absolute Gasteiger partial charge is 0.375 e. The first kappa shape index (κ1) is 10.4. The molecule has 1 heterocycles. The van der Waals surface area contributed by atoms with Crippen molar-refractivity contribution in [2.75, 3.05) is 6.61 Å². The Kier molecular flexibility index (Phi) is 3.13. The minimum Gasteiger partial charge on any atom is -0.375 e. The van der Waals surface area contributed by atoms with Crippen molar-refractivity contribution < 1.29 is 4.74 Å². The Bertz CT molecular complexity index is 189. The quantitative estimate of drug-likeness (QED) is 0.750. The number of ether oxygens (including phenoxy) is 1. The molecule has 0 aromatic carbocycles. The van der Waals surface area contributed by atoms with E-state index >= 15 is 0 Å². The van der Waals surface area contributed by atoms with Crippen LogP contribution in [0.1, 0.15) is 52.4 Å². The molecule has 1 saturated heterocycles. The maximum absolute atomic E-state index is 5.91. The van der Waals surface area contributed by atoms with E-state index in [0.717, 1.165) is 6.61 Å². The zero-order valence-electron chi connectivity index (χ0n) is 9.51. The number of hydrogen-bond donors (Lipinski definition) is 1. The fourth-order valence-corrected chi connectivity index (χ4v) is 2.61. The molecule has 82 valence electrons. The van der Waals surface area contributed by atoms with Crippen molar-refractivity contribution in [3.8, 4) is 0 Å². The van der Waals surface area contributed by atoms with E-state index in [2.05, 4.69) is 19.2 Å². The number of hydrogen-bond acceptors (Lipinski definition) is 2. The molecule has 1 spiro atoms. The van der Waals surface area contributed by atoms with Crippen molar-refractivity contribution in [1.29, 1.82) is 0 Å². The van der Waals surface area contributed by atoms with Gasteiger partial charge in [-0.25, -0.2) is 0 Å². The predicted octanol–water partition coefficient (Wildman–Crippen LogP) is 2.48. The summed E-state index contributed by atoms with van der Waals surface area (Å²) in [5.74, 6) is 0. The molecule has 2 fully saturated rings. The zero-order valence-corrected chi connectivity index (χ0v) is 9.51. The summed E-state index contributed by atoms with van der Waals surface area (Å²) in [6.07, 6.45) is 7.64.